The fourth-order valence-electron chi connectivity index (χ4n) is 3.69. The summed E-state index contributed by atoms with van der Waals surface area (Å²) in [5.74, 6) is 1.17. The fraction of sp³-hybridized carbons (Fsp3) is 0.318. The molecule has 6 heteroatoms. The highest BCUT2D eigenvalue weighted by Gasteiger charge is 2.20. The highest BCUT2D eigenvalue weighted by atomic mass is 35.5. The Labute approximate surface area is 176 Å². The fourth-order valence-corrected chi connectivity index (χ4v) is 4.66. The Balaban J connectivity index is 0.00000225. The van der Waals surface area contributed by atoms with Crippen LogP contribution in [-0.2, 0) is 0 Å². The zero-order valence-electron chi connectivity index (χ0n) is 16.0. The first-order valence-corrected chi connectivity index (χ1v) is 10.2. The van der Waals surface area contributed by atoms with Gasteiger partial charge in [-0.1, -0.05) is 30.3 Å². The number of methoxy groups -OCH3 is 1. The van der Waals surface area contributed by atoms with E-state index in [0.717, 1.165) is 55.1 Å². The Hall–Kier alpha value is -2.08. The van der Waals surface area contributed by atoms with E-state index in [1.165, 1.54) is 4.70 Å². The van der Waals surface area contributed by atoms with Crippen LogP contribution in [0.1, 0.15) is 16.8 Å². The van der Waals surface area contributed by atoms with Crippen LogP contribution in [-0.4, -0.2) is 50.5 Å². The molecule has 1 fully saturated rings. The van der Waals surface area contributed by atoms with E-state index in [-0.39, 0.29) is 18.2 Å². The summed E-state index contributed by atoms with van der Waals surface area (Å²) in [4.78, 5) is 17.4. The highest BCUT2D eigenvalue weighted by Crippen LogP contribution is 2.29. The van der Waals surface area contributed by atoms with Crippen LogP contribution in [0, 0.1) is 0 Å². The Morgan fingerprint density at radius 3 is 2.54 bits per heavy atom. The summed E-state index contributed by atoms with van der Waals surface area (Å²) in [7, 11) is 1.72. The summed E-state index contributed by atoms with van der Waals surface area (Å²) in [5.41, 5.74) is 2.03. The lowest BCUT2D eigenvalue weighted by Gasteiger charge is -2.36. The number of piperazine rings is 1. The summed E-state index contributed by atoms with van der Waals surface area (Å²) >= 11 is 1.65. The molecule has 0 unspecified atom stereocenters. The van der Waals surface area contributed by atoms with Crippen molar-refractivity contribution >= 4 is 45.3 Å². The van der Waals surface area contributed by atoms with Gasteiger partial charge in [-0.15, -0.1) is 23.7 Å². The summed E-state index contributed by atoms with van der Waals surface area (Å²) in [6.45, 7) is 4.67. The van der Waals surface area contributed by atoms with Gasteiger partial charge in [-0.05, 0) is 18.2 Å². The molecule has 0 amide bonds. The number of fused-ring (bicyclic) bond motifs is 1. The van der Waals surface area contributed by atoms with Crippen molar-refractivity contribution in [2.45, 2.75) is 6.42 Å². The number of benzene rings is 2. The minimum absolute atomic E-state index is 0. The second-order valence-electron chi connectivity index (χ2n) is 6.82. The van der Waals surface area contributed by atoms with Crippen molar-refractivity contribution in [3.63, 3.8) is 0 Å². The molecule has 0 atom stereocenters. The number of thiophene rings is 1. The minimum atomic E-state index is 0. The van der Waals surface area contributed by atoms with Crippen molar-refractivity contribution in [3.8, 4) is 5.75 Å². The minimum Gasteiger partial charge on any atom is -0.495 e. The maximum atomic E-state index is 12.7. The van der Waals surface area contributed by atoms with Crippen molar-refractivity contribution in [2.75, 3.05) is 44.7 Å². The molecule has 0 saturated carbocycles. The molecule has 28 heavy (non-hydrogen) atoms. The molecule has 0 N–H and O–H groups in total. The van der Waals surface area contributed by atoms with Crippen molar-refractivity contribution in [1.82, 2.24) is 4.90 Å². The summed E-state index contributed by atoms with van der Waals surface area (Å²) in [6, 6.07) is 16.3. The summed E-state index contributed by atoms with van der Waals surface area (Å²) in [6.07, 6.45) is 0.579. The van der Waals surface area contributed by atoms with E-state index in [1.54, 1.807) is 18.4 Å². The maximum absolute atomic E-state index is 12.7. The number of nitrogens with zero attached hydrogens (tertiary/aromatic N) is 2. The second kappa shape index (κ2) is 9.41. The number of hydrogen-bond acceptors (Lipinski definition) is 5. The van der Waals surface area contributed by atoms with Crippen molar-refractivity contribution in [3.05, 3.63) is 59.5 Å². The van der Waals surface area contributed by atoms with Gasteiger partial charge in [0.1, 0.15) is 5.75 Å². The first-order valence-electron chi connectivity index (χ1n) is 9.36. The molecule has 1 saturated heterocycles. The Bertz CT molecular complexity index is 935. The summed E-state index contributed by atoms with van der Waals surface area (Å²) in [5, 5.41) is 3.10. The predicted octanol–water partition coefficient (Wildman–Crippen LogP) is 4.73. The van der Waals surface area contributed by atoms with Gasteiger partial charge in [0.05, 0.1) is 12.8 Å². The van der Waals surface area contributed by atoms with E-state index in [1.807, 2.05) is 41.8 Å². The van der Waals surface area contributed by atoms with Crippen LogP contribution in [0.3, 0.4) is 0 Å². The van der Waals surface area contributed by atoms with Crippen LogP contribution in [0.2, 0.25) is 0 Å². The van der Waals surface area contributed by atoms with Crippen LogP contribution in [0.15, 0.2) is 53.9 Å². The molecule has 148 valence electrons. The lowest BCUT2D eigenvalue weighted by Crippen LogP contribution is -2.47. The molecular formula is C22H25ClN2O2S. The number of hydrogen-bond donors (Lipinski definition) is 0. The first kappa shape index (κ1) is 20.6. The van der Waals surface area contributed by atoms with Crippen LogP contribution >= 0.6 is 23.7 Å². The number of halogens is 1. The molecule has 1 aliphatic heterocycles. The van der Waals surface area contributed by atoms with Crippen LogP contribution in [0.4, 0.5) is 5.69 Å². The van der Waals surface area contributed by atoms with Gasteiger partial charge in [0.25, 0.3) is 0 Å². The molecule has 2 aromatic carbocycles. The van der Waals surface area contributed by atoms with Gasteiger partial charge in [-0.2, -0.15) is 0 Å². The number of carbonyl (C=O) groups excluding carboxylic acids is 1. The second-order valence-corrected chi connectivity index (χ2v) is 7.73. The largest absolute Gasteiger partial charge is 0.495 e. The van der Waals surface area contributed by atoms with Crippen molar-refractivity contribution in [2.24, 2.45) is 0 Å². The average molecular weight is 417 g/mol. The van der Waals surface area contributed by atoms with Crippen LogP contribution < -0.4 is 9.64 Å². The number of anilines is 1. The lowest BCUT2D eigenvalue weighted by atomic mass is 10.1. The molecule has 0 aliphatic carbocycles. The Morgan fingerprint density at radius 1 is 1.04 bits per heavy atom. The molecule has 0 radical (unpaired) electrons. The van der Waals surface area contributed by atoms with Gasteiger partial charge in [-0.25, -0.2) is 0 Å². The van der Waals surface area contributed by atoms with E-state index in [0.29, 0.717) is 6.42 Å². The third kappa shape index (κ3) is 4.32. The average Bonchev–Trinajstić information content (AvgIpc) is 3.17. The number of ether oxygens (including phenoxy) is 1. The molecule has 1 aromatic heterocycles. The molecule has 2 heterocycles. The van der Waals surface area contributed by atoms with Crippen molar-refractivity contribution in [1.29, 1.82) is 0 Å². The number of rotatable bonds is 6. The van der Waals surface area contributed by atoms with Crippen LogP contribution in [0.25, 0.3) is 10.1 Å². The maximum Gasteiger partial charge on any atom is 0.165 e. The SMILES string of the molecule is COc1ccccc1N1CCN(CCC(=O)c2csc3ccccc23)CC1.Cl. The lowest BCUT2D eigenvalue weighted by molar-refractivity contribution is 0.0964. The zero-order valence-corrected chi connectivity index (χ0v) is 17.6. The van der Waals surface area contributed by atoms with E-state index < -0.39 is 0 Å². The first-order chi connectivity index (χ1) is 13.3. The normalized spacial score (nSPS) is 14.7. The van der Waals surface area contributed by atoms with E-state index in [2.05, 4.69) is 21.9 Å². The predicted molar refractivity (Wildman–Crippen MR) is 120 cm³/mol. The number of para-hydroxylation sites is 2. The van der Waals surface area contributed by atoms with E-state index in [4.69, 9.17) is 4.74 Å². The van der Waals surface area contributed by atoms with Gasteiger partial charge in [0.15, 0.2) is 5.78 Å². The summed E-state index contributed by atoms with van der Waals surface area (Å²) < 4.78 is 6.67. The van der Waals surface area contributed by atoms with Crippen molar-refractivity contribution < 1.29 is 9.53 Å². The smallest absolute Gasteiger partial charge is 0.165 e. The number of ketones is 1. The van der Waals surface area contributed by atoms with Gasteiger partial charge < -0.3 is 9.64 Å². The number of carbonyl (C=O) groups is 1. The van der Waals surface area contributed by atoms with Gasteiger partial charge in [0.2, 0.25) is 0 Å². The van der Waals surface area contributed by atoms with Gasteiger partial charge in [-0.3, -0.25) is 9.69 Å². The van der Waals surface area contributed by atoms with E-state index >= 15 is 0 Å². The molecule has 0 bridgehead atoms. The number of Topliss-reactive ketones (excluding diaryl/α,β-unsaturated/α-hetero) is 1. The molecular weight excluding hydrogens is 392 g/mol. The van der Waals surface area contributed by atoms with Gasteiger partial charge >= 0.3 is 0 Å². The third-order valence-electron chi connectivity index (χ3n) is 5.23. The third-order valence-corrected chi connectivity index (χ3v) is 6.20. The van der Waals surface area contributed by atoms with Crippen LogP contribution in [0.5, 0.6) is 5.75 Å². The molecule has 4 nitrogen and oxygen atoms in total. The van der Waals surface area contributed by atoms with E-state index in [9.17, 15) is 4.79 Å². The molecule has 0 spiro atoms. The Kier molecular flexibility index (Phi) is 6.94. The standard InChI is InChI=1S/C22H24N2O2S.ClH/c1-26-21-8-4-3-7-19(21)24-14-12-23(13-15-24)11-10-20(25)18-16-27-22-9-5-2-6-17(18)22;/h2-9,16H,10-15H2,1H3;1H. The monoisotopic (exact) mass is 416 g/mol. The topological polar surface area (TPSA) is 32.8 Å². The quantitative estimate of drug-likeness (QED) is 0.544. The molecule has 1 aliphatic rings. The Morgan fingerprint density at radius 2 is 1.75 bits per heavy atom. The van der Waals surface area contributed by atoms with Gasteiger partial charge in [0, 0.05) is 60.2 Å². The molecule has 3 aromatic rings. The zero-order chi connectivity index (χ0) is 18.6. The molecule has 4 rings (SSSR count). The highest BCUT2D eigenvalue weighted by molar-refractivity contribution is 7.17.